The summed E-state index contributed by atoms with van der Waals surface area (Å²) in [6, 6.07) is 19.3. The largest absolute Gasteiger partial charge is 0.493 e. The third-order valence-corrected chi connectivity index (χ3v) is 4.46. The standard InChI is InChI=1S/C21H18N6O/c1-26(2)16-10-8-15(9-11-16)24-19-17(12-22)20-23-13-18(21(28)27(20)25-19)14-6-4-3-5-7-14/h3-11,13,28H,1-2H3,(H,24,25). The van der Waals surface area contributed by atoms with E-state index >= 15 is 0 Å². The maximum atomic E-state index is 10.7. The van der Waals surface area contributed by atoms with E-state index in [-0.39, 0.29) is 11.4 Å². The molecule has 0 aliphatic carbocycles. The van der Waals surface area contributed by atoms with Gasteiger partial charge in [-0.15, -0.1) is 5.10 Å². The smallest absolute Gasteiger partial charge is 0.223 e. The molecule has 4 aromatic rings. The van der Waals surface area contributed by atoms with Gasteiger partial charge in [-0.25, -0.2) is 4.98 Å². The van der Waals surface area contributed by atoms with Crippen molar-refractivity contribution in [3.8, 4) is 23.1 Å². The molecular formula is C21H18N6O. The van der Waals surface area contributed by atoms with E-state index in [0.717, 1.165) is 16.9 Å². The first-order valence-corrected chi connectivity index (χ1v) is 8.69. The van der Waals surface area contributed by atoms with Crippen LogP contribution in [0.5, 0.6) is 5.88 Å². The molecule has 0 aliphatic heterocycles. The fraction of sp³-hybridized carbons (Fsp3) is 0.0952. The molecule has 2 N–H and O–H groups in total. The highest BCUT2D eigenvalue weighted by atomic mass is 16.3. The SMILES string of the molecule is CN(C)c1ccc(Nc2nn3c(O)c(-c4ccccc4)cnc3c2C#N)cc1. The molecule has 138 valence electrons. The summed E-state index contributed by atoms with van der Waals surface area (Å²) in [6.07, 6.45) is 1.55. The summed E-state index contributed by atoms with van der Waals surface area (Å²) in [6.45, 7) is 0. The van der Waals surface area contributed by atoms with Gasteiger partial charge in [-0.2, -0.15) is 9.78 Å². The Bertz CT molecular complexity index is 1170. The van der Waals surface area contributed by atoms with Gasteiger partial charge in [0.15, 0.2) is 11.5 Å². The van der Waals surface area contributed by atoms with Gasteiger partial charge in [0.1, 0.15) is 11.6 Å². The van der Waals surface area contributed by atoms with Gasteiger partial charge in [0.05, 0.1) is 5.56 Å². The van der Waals surface area contributed by atoms with Crippen LogP contribution in [-0.2, 0) is 0 Å². The summed E-state index contributed by atoms with van der Waals surface area (Å²) in [4.78, 5) is 6.36. The summed E-state index contributed by atoms with van der Waals surface area (Å²) in [5, 5.41) is 27.8. The monoisotopic (exact) mass is 370 g/mol. The Morgan fingerprint density at radius 3 is 2.43 bits per heavy atom. The molecule has 0 atom stereocenters. The van der Waals surface area contributed by atoms with Gasteiger partial charge < -0.3 is 15.3 Å². The van der Waals surface area contributed by atoms with Crippen molar-refractivity contribution in [3.63, 3.8) is 0 Å². The van der Waals surface area contributed by atoms with Gasteiger partial charge in [0.25, 0.3) is 0 Å². The molecule has 2 heterocycles. The van der Waals surface area contributed by atoms with Crippen LogP contribution in [0.2, 0.25) is 0 Å². The van der Waals surface area contributed by atoms with Crippen LogP contribution in [0, 0.1) is 11.3 Å². The van der Waals surface area contributed by atoms with Crippen LogP contribution >= 0.6 is 0 Å². The van der Waals surface area contributed by atoms with Gasteiger partial charge in [0, 0.05) is 31.7 Å². The molecule has 7 heteroatoms. The van der Waals surface area contributed by atoms with Crippen molar-refractivity contribution in [1.82, 2.24) is 14.6 Å². The highest BCUT2D eigenvalue weighted by molar-refractivity contribution is 5.76. The number of rotatable bonds is 4. The molecule has 2 aromatic heterocycles. The maximum Gasteiger partial charge on any atom is 0.223 e. The van der Waals surface area contributed by atoms with Gasteiger partial charge in [-0.05, 0) is 29.8 Å². The normalized spacial score (nSPS) is 10.6. The third kappa shape index (κ3) is 2.97. The van der Waals surface area contributed by atoms with Crippen molar-refractivity contribution < 1.29 is 5.11 Å². The third-order valence-electron chi connectivity index (χ3n) is 4.46. The Balaban J connectivity index is 1.77. The fourth-order valence-electron chi connectivity index (χ4n) is 2.97. The van der Waals surface area contributed by atoms with Crippen LogP contribution in [0.4, 0.5) is 17.2 Å². The summed E-state index contributed by atoms with van der Waals surface area (Å²) in [5.41, 5.74) is 3.78. The van der Waals surface area contributed by atoms with Gasteiger partial charge >= 0.3 is 0 Å². The zero-order chi connectivity index (χ0) is 19.7. The van der Waals surface area contributed by atoms with E-state index in [2.05, 4.69) is 21.5 Å². The Labute approximate surface area is 162 Å². The number of hydrogen-bond donors (Lipinski definition) is 2. The highest BCUT2D eigenvalue weighted by Crippen LogP contribution is 2.32. The molecule has 7 nitrogen and oxygen atoms in total. The average Bonchev–Trinajstić information content (AvgIpc) is 3.07. The molecule has 0 aliphatic rings. The molecule has 0 unspecified atom stereocenters. The van der Waals surface area contributed by atoms with Crippen LogP contribution in [0.1, 0.15) is 5.56 Å². The number of aromatic nitrogens is 3. The van der Waals surface area contributed by atoms with Crippen molar-refractivity contribution in [2.75, 3.05) is 24.3 Å². The van der Waals surface area contributed by atoms with Gasteiger partial charge in [0.2, 0.25) is 5.88 Å². The number of nitrogens with zero attached hydrogens (tertiary/aromatic N) is 5. The molecular weight excluding hydrogens is 352 g/mol. The quantitative estimate of drug-likeness (QED) is 0.568. The minimum absolute atomic E-state index is 0.0660. The first-order valence-electron chi connectivity index (χ1n) is 8.69. The molecule has 2 aromatic carbocycles. The molecule has 0 fully saturated rings. The van der Waals surface area contributed by atoms with Crippen LogP contribution in [-0.4, -0.2) is 33.8 Å². The summed E-state index contributed by atoms with van der Waals surface area (Å²) < 4.78 is 1.29. The summed E-state index contributed by atoms with van der Waals surface area (Å²) in [5.74, 6) is 0.275. The van der Waals surface area contributed by atoms with E-state index < -0.39 is 0 Å². The molecule has 0 spiro atoms. The van der Waals surface area contributed by atoms with E-state index in [1.54, 1.807) is 6.20 Å². The topological polar surface area (TPSA) is 89.5 Å². The minimum atomic E-state index is -0.0660. The van der Waals surface area contributed by atoms with Crippen molar-refractivity contribution in [3.05, 3.63) is 66.4 Å². The van der Waals surface area contributed by atoms with E-state index in [0.29, 0.717) is 17.0 Å². The molecule has 0 radical (unpaired) electrons. The summed E-state index contributed by atoms with van der Waals surface area (Å²) in [7, 11) is 3.94. The predicted molar refractivity (Wildman–Crippen MR) is 109 cm³/mol. The lowest BCUT2D eigenvalue weighted by atomic mass is 10.1. The zero-order valence-corrected chi connectivity index (χ0v) is 15.5. The Morgan fingerprint density at radius 1 is 1.07 bits per heavy atom. The van der Waals surface area contributed by atoms with Crippen LogP contribution < -0.4 is 10.2 Å². The fourth-order valence-corrected chi connectivity index (χ4v) is 2.97. The second kappa shape index (κ2) is 6.93. The molecule has 4 rings (SSSR count). The Hall–Kier alpha value is -4.05. The van der Waals surface area contributed by atoms with E-state index in [9.17, 15) is 10.4 Å². The number of nitrogens with one attached hydrogen (secondary N) is 1. The van der Waals surface area contributed by atoms with Crippen molar-refractivity contribution >= 4 is 22.8 Å². The van der Waals surface area contributed by atoms with Crippen LogP contribution in [0.25, 0.3) is 16.8 Å². The molecule has 0 amide bonds. The van der Waals surface area contributed by atoms with Crippen molar-refractivity contribution in [1.29, 1.82) is 5.26 Å². The zero-order valence-electron chi connectivity index (χ0n) is 15.5. The lowest BCUT2D eigenvalue weighted by Gasteiger charge is -2.12. The molecule has 0 bridgehead atoms. The average molecular weight is 370 g/mol. The maximum absolute atomic E-state index is 10.7. The molecule has 0 saturated carbocycles. The van der Waals surface area contributed by atoms with Gasteiger partial charge in [-0.3, -0.25) is 0 Å². The van der Waals surface area contributed by atoms with E-state index in [1.165, 1.54) is 4.52 Å². The minimum Gasteiger partial charge on any atom is -0.493 e. The van der Waals surface area contributed by atoms with Gasteiger partial charge in [-0.1, -0.05) is 30.3 Å². The summed E-state index contributed by atoms with van der Waals surface area (Å²) >= 11 is 0. The van der Waals surface area contributed by atoms with E-state index in [1.807, 2.05) is 73.6 Å². The number of hydrogen-bond acceptors (Lipinski definition) is 6. The second-order valence-corrected chi connectivity index (χ2v) is 6.50. The van der Waals surface area contributed by atoms with Crippen molar-refractivity contribution in [2.45, 2.75) is 0 Å². The number of fused-ring (bicyclic) bond motifs is 1. The van der Waals surface area contributed by atoms with E-state index in [4.69, 9.17) is 0 Å². The van der Waals surface area contributed by atoms with Crippen LogP contribution in [0.15, 0.2) is 60.8 Å². The lowest BCUT2D eigenvalue weighted by molar-refractivity contribution is 0.438. The number of anilines is 3. The first kappa shape index (κ1) is 17.4. The van der Waals surface area contributed by atoms with Crippen LogP contribution in [0.3, 0.4) is 0 Å². The lowest BCUT2D eigenvalue weighted by Crippen LogP contribution is -2.08. The predicted octanol–water partition coefficient (Wildman–Crippen LogP) is 3.78. The number of aromatic hydroxyl groups is 1. The number of nitriles is 1. The molecule has 0 saturated heterocycles. The van der Waals surface area contributed by atoms with Crippen molar-refractivity contribution in [2.24, 2.45) is 0 Å². The second-order valence-electron chi connectivity index (χ2n) is 6.50. The first-order chi connectivity index (χ1) is 13.6. The number of benzene rings is 2. The molecule has 28 heavy (non-hydrogen) atoms. The Morgan fingerprint density at radius 2 is 1.79 bits per heavy atom. The highest BCUT2D eigenvalue weighted by Gasteiger charge is 2.19. The Kier molecular flexibility index (Phi) is 4.30.